The maximum atomic E-state index is 13.7. The zero-order chi connectivity index (χ0) is 42.0. The lowest BCUT2D eigenvalue weighted by Crippen LogP contribution is -2.53. The highest BCUT2D eigenvalue weighted by molar-refractivity contribution is 5.95. The fraction of sp³-hybridized carbons (Fsp3) is 0.644. The van der Waals surface area contributed by atoms with Gasteiger partial charge in [0, 0.05) is 30.3 Å². The summed E-state index contributed by atoms with van der Waals surface area (Å²) in [4.78, 5) is 51.8. The molecule has 6 N–H and O–H groups in total. The van der Waals surface area contributed by atoms with Crippen LogP contribution >= 0.6 is 0 Å². The van der Waals surface area contributed by atoms with E-state index >= 15 is 0 Å². The Morgan fingerprint density at radius 2 is 1.34 bits per heavy atom. The monoisotopic (exact) mass is 808 g/mol. The summed E-state index contributed by atoms with van der Waals surface area (Å²) >= 11 is 0. The second kappa shape index (κ2) is 24.1. The molecule has 2 aromatic carbocycles. The molecule has 0 spiro atoms. The zero-order valence-corrected chi connectivity index (χ0v) is 35.3. The lowest BCUT2D eigenvalue weighted by molar-refractivity contribution is -0.151. The van der Waals surface area contributed by atoms with Gasteiger partial charge in [0.05, 0.1) is 31.5 Å². The molecule has 2 aromatic rings. The van der Waals surface area contributed by atoms with Crippen LogP contribution in [0.15, 0.2) is 48.5 Å². The highest BCUT2D eigenvalue weighted by Gasteiger charge is 2.33. The van der Waals surface area contributed by atoms with Gasteiger partial charge < -0.3 is 45.8 Å². The van der Waals surface area contributed by atoms with E-state index in [9.17, 15) is 19.2 Å². The molecule has 322 valence electrons. The molecule has 0 bridgehead atoms. The maximum Gasteiger partial charge on any atom is 0.337 e. The van der Waals surface area contributed by atoms with E-state index in [0.29, 0.717) is 47.2 Å². The van der Waals surface area contributed by atoms with E-state index in [0.717, 1.165) is 44.9 Å². The van der Waals surface area contributed by atoms with E-state index in [1.807, 2.05) is 32.9 Å². The van der Waals surface area contributed by atoms with E-state index in [1.165, 1.54) is 32.8 Å². The summed E-state index contributed by atoms with van der Waals surface area (Å²) in [5.41, 5.74) is 14.9. The predicted octanol–water partition coefficient (Wildman–Crippen LogP) is 6.59. The largest absolute Gasteiger partial charge is 0.493 e. The van der Waals surface area contributed by atoms with Crippen LogP contribution in [0.25, 0.3) is 0 Å². The number of anilines is 1. The molecular formula is C45H68N4O9. The third kappa shape index (κ3) is 15.6. The first kappa shape index (κ1) is 46.6. The predicted molar refractivity (Wildman–Crippen MR) is 223 cm³/mol. The number of amides is 2. The van der Waals surface area contributed by atoms with Crippen molar-refractivity contribution in [2.45, 2.75) is 160 Å². The van der Waals surface area contributed by atoms with Gasteiger partial charge in [0.25, 0.3) is 11.8 Å². The third-order valence-electron chi connectivity index (χ3n) is 11.1. The maximum absolute atomic E-state index is 13.7. The van der Waals surface area contributed by atoms with Gasteiger partial charge in [-0.25, -0.2) is 9.59 Å². The normalized spacial score (nSPS) is 18.3. The Bertz CT molecular complexity index is 1580. The number of ether oxygens (including phenoxy) is 5. The van der Waals surface area contributed by atoms with Crippen molar-refractivity contribution in [3.63, 3.8) is 0 Å². The average molecular weight is 809 g/mol. The Labute approximate surface area is 345 Å². The molecule has 2 aliphatic carbocycles. The Hall–Kier alpha value is -4.04. The number of hydrogen-bond donors (Lipinski definition) is 4. The van der Waals surface area contributed by atoms with Gasteiger partial charge >= 0.3 is 11.9 Å². The topological polar surface area (TPSA) is 191 Å². The molecule has 13 heteroatoms. The van der Waals surface area contributed by atoms with Gasteiger partial charge in [0.15, 0.2) is 12.2 Å². The Morgan fingerprint density at radius 1 is 0.759 bits per heavy atom. The van der Waals surface area contributed by atoms with Gasteiger partial charge in [0.1, 0.15) is 18.4 Å². The molecule has 6 atom stereocenters. The molecule has 2 aliphatic rings. The van der Waals surface area contributed by atoms with Crippen LogP contribution in [0.4, 0.5) is 5.69 Å². The number of esters is 2. The summed E-state index contributed by atoms with van der Waals surface area (Å²) in [6, 6.07) is 11.8. The summed E-state index contributed by atoms with van der Waals surface area (Å²) in [6.07, 6.45) is 11.1. The van der Waals surface area contributed by atoms with E-state index in [2.05, 4.69) is 10.6 Å². The fourth-order valence-corrected chi connectivity index (χ4v) is 7.90. The van der Waals surface area contributed by atoms with Crippen molar-refractivity contribution in [2.75, 3.05) is 19.0 Å². The van der Waals surface area contributed by atoms with Crippen molar-refractivity contribution in [1.82, 2.24) is 5.32 Å². The molecule has 0 heterocycles. The van der Waals surface area contributed by atoms with Gasteiger partial charge in [-0.2, -0.15) is 0 Å². The molecule has 2 amide bonds. The fourth-order valence-electron chi connectivity index (χ4n) is 7.90. The summed E-state index contributed by atoms with van der Waals surface area (Å²) in [5, 5.41) is 5.74. The summed E-state index contributed by atoms with van der Waals surface area (Å²) in [7, 11) is 1.31. The lowest BCUT2D eigenvalue weighted by atomic mass is 9.84. The summed E-state index contributed by atoms with van der Waals surface area (Å²) < 4.78 is 28.6. The van der Waals surface area contributed by atoms with Crippen LogP contribution in [0.1, 0.15) is 127 Å². The highest BCUT2D eigenvalue weighted by atomic mass is 16.5. The lowest BCUT2D eigenvalue weighted by Gasteiger charge is -2.31. The molecule has 2 fully saturated rings. The number of methoxy groups -OCH3 is 1. The van der Waals surface area contributed by atoms with E-state index in [1.54, 1.807) is 43.3 Å². The van der Waals surface area contributed by atoms with E-state index in [-0.39, 0.29) is 25.2 Å². The minimum atomic E-state index is -0.998. The van der Waals surface area contributed by atoms with Gasteiger partial charge in [0.2, 0.25) is 0 Å². The van der Waals surface area contributed by atoms with Crippen molar-refractivity contribution in [3.05, 3.63) is 59.7 Å². The van der Waals surface area contributed by atoms with Gasteiger partial charge in [-0.15, -0.1) is 0 Å². The minimum absolute atomic E-state index is 0.0322. The van der Waals surface area contributed by atoms with Crippen LogP contribution in [-0.2, 0) is 39.9 Å². The quantitative estimate of drug-likeness (QED) is 0.0939. The zero-order valence-electron chi connectivity index (χ0n) is 35.3. The molecule has 58 heavy (non-hydrogen) atoms. The summed E-state index contributed by atoms with van der Waals surface area (Å²) in [5.74, 6) is -0.353. The first-order valence-corrected chi connectivity index (χ1v) is 21.3. The van der Waals surface area contributed by atoms with Gasteiger partial charge in [-0.05, 0) is 82.2 Å². The first-order valence-electron chi connectivity index (χ1n) is 21.3. The highest BCUT2D eigenvalue weighted by Crippen LogP contribution is 2.30. The molecule has 0 aromatic heterocycles. The van der Waals surface area contributed by atoms with Crippen molar-refractivity contribution in [3.8, 4) is 5.75 Å². The Kier molecular flexibility index (Phi) is 19.4. The number of nitrogens with one attached hydrogen (secondary N) is 2. The van der Waals surface area contributed by atoms with Crippen molar-refractivity contribution < 1.29 is 42.9 Å². The minimum Gasteiger partial charge on any atom is -0.493 e. The van der Waals surface area contributed by atoms with Gasteiger partial charge in [-0.1, -0.05) is 82.4 Å². The molecule has 0 aliphatic heterocycles. The standard InChI is InChI=1S/C45H68N4O9/c1-29(2)57-40(38(46)25-32-13-8-6-9-14-32)43(51)49-36-17-12-18-37(27-36)55-24-23-30(3)58-41(39(47)26-33-15-10-7-11-16-33)42(50)48-31(4)44(52)56-28-34-19-21-35(22-20-34)45(53)54-5/h12,17-22,27,29-33,38-41H,6-11,13-16,23-26,28,46-47H2,1-5H3,(H,48,50)(H,49,51). The second-order valence-corrected chi connectivity index (χ2v) is 16.5. The number of rotatable bonds is 22. The number of carbonyl (C=O) groups excluding carboxylic acids is 4. The first-order chi connectivity index (χ1) is 27.8. The number of benzene rings is 2. The van der Waals surface area contributed by atoms with Crippen LogP contribution in [0, 0.1) is 11.8 Å². The van der Waals surface area contributed by atoms with E-state index < -0.39 is 54.3 Å². The SMILES string of the molecule is COC(=O)c1ccc(COC(=O)C(C)NC(=O)C(OC(C)CCOc2cccc(NC(=O)C(OC(C)C)C(N)CC3CCCCC3)c2)C(N)CC2CCCCC2)cc1. The van der Waals surface area contributed by atoms with Crippen LogP contribution < -0.4 is 26.8 Å². The molecule has 2 saturated carbocycles. The van der Waals surface area contributed by atoms with Gasteiger partial charge in [-0.3, -0.25) is 9.59 Å². The molecule has 0 saturated heterocycles. The van der Waals surface area contributed by atoms with Crippen LogP contribution in [0.3, 0.4) is 0 Å². The van der Waals surface area contributed by atoms with Crippen LogP contribution in [-0.4, -0.2) is 80.0 Å². The Balaban J connectivity index is 1.30. The number of hydrogen-bond acceptors (Lipinski definition) is 11. The van der Waals surface area contributed by atoms with Crippen molar-refractivity contribution >= 4 is 29.4 Å². The molecule has 0 radical (unpaired) electrons. The van der Waals surface area contributed by atoms with Crippen LogP contribution in [0.5, 0.6) is 5.75 Å². The van der Waals surface area contributed by atoms with E-state index in [4.69, 9.17) is 35.2 Å². The number of nitrogens with two attached hydrogens (primary N) is 2. The van der Waals surface area contributed by atoms with Crippen LogP contribution in [0.2, 0.25) is 0 Å². The van der Waals surface area contributed by atoms with Crippen molar-refractivity contribution in [1.29, 1.82) is 0 Å². The average Bonchev–Trinajstić information content (AvgIpc) is 3.21. The molecule has 13 nitrogen and oxygen atoms in total. The Morgan fingerprint density at radius 3 is 1.91 bits per heavy atom. The molecule has 4 rings (SSSR count). The third-order valence-corrected chi connectivity index (χ3v) is 11.1. The number of carbonyl (C=O) groups is 4. The molecule has 6 unspecified atom stereocenters. The van der Waals surface area contributed by atoms with Crippen molar-refractivity contribution in [2.24, 2.45) is 23.3 Å². The second-order valence-electron chi connectivity index (χ2n) is 16.5. The molecular weight excluding hydrogens is 741 g/mol. The summed E-state index contributed by atoms with van der Waals surface area (Å²) in [6.45, 7) is 7.48. The smallest absolute Gasteiger partial charge is 0.337 e.